The van der Waals surface area contributed by atoms with Crippen LogP contribution >= 0.6 is 0 Å². The number of hydrogen-bond donors (Lipinski definition) is 2. The molecular formula is C26H16F6N4O4. The number of carboxylic acids is 1. The fourth-order valence-corrected chi connectivity index (χ4v) is 3.28. The smallest absolute Gasteiger partial charge is 0.478 e. The number of carbonyl (C=O) groups is 1. The number of ether oxygens (including phenoxy) is 2. The Labute approximate surface area is 221 Å². The van der Waals surface area contributed by atoms with Crippen LogP contribution in [0.2, 0.25) is 0 Å². The third-order valence-electron chi connectivity index (χ3n) is 4.91. The van der Waals surface area contributed by atoms with Gasteiger partial charge in [0.1, 0.15) is 11.5 Å². The van der Waals surface area contributed by atoms with E-state index in [1.807, 2.05) is 0 Å². The van der Waals surface area contributed by atoms with Crippen LogP contribution in [0.4, 0.5) is 38.0 Å². The van der Waals surface area contributed by atoms with Crippen LogP contribution in [0, 0.1) is 0 Å². The molecule has 0 radical (unpaired) electrons. The van der Waals surface area contributed by atoms with Gasteiger partial charge in [0.05, 0.1) is 0 Å². The number of aromatic nitrogens is 3. The summed E-state index contributed by atoms with van der Waals surface area (Å²) < 4.78 is 82.9. The maximum absolute atomic E-state index is 12.5. The molecule has 4 rings (SSSR count). The first-order valence-corrected chi connectivity index (χ1v) is 11.1. The summed E-state index contributed by atoms with van der Waals surface area (Å²) >= 11 is 0. The van der Waals surface area contributed by atoms with Crippen molar-refractivity contribution in [3.8, 4) is 34.3 Å². The van der Waals surface area contributed by atoms with E-state index in [-0.39, 0.29) is 17.6 Å². The van der Waals surface area contributed by atoms with Gasteiger partial charge in [-0.25, -0.2) is 9.78 Å². The highest BCUT2D eigenvalue weighted by Gasteiger charge is 2.31. The number of benzene rings is 3. The summed E-state index contributed by atoms with van der Waals surface area (Å²) in [5.74, 6) is -1.92. The van der Waals surface area contributed by atoms with Crippen LogP contribution in [0.1, 0.15) is 5.56 Å². The topological polar surface area (TPSA) is 106 Å². The van der Waals surface area contributed by atoms with Crippen LogP contribution in [-0.2, 0) is 4.79 Å². The fourth-order valence-electron chi connectivity index (χ4n) is 3.28. The first-order chi connectivity index (χ1) is 18.8. The number of hydrogen-bond acceptors (Lipinski definition) is 7. The molecule has 0 saturated carbocycles. The van der Waals surface area contributed by atoms with Gasteiger partial charge in [0.2, 0.25) is 5.95 Å². The third-order valence-corrected chi connectivity index (χ3v) is 4.91. The Balaban J connectivity index is 1.67. The SMILES string of the molecule is O=C(O)/C=C/c1ccc(Nc2nc(-c3ccc(OC(F)(F)F)cc3)nc(-c3ccc(OC(F)(F)F)cc3)n2)cc1. The molecule has 0 fully saturated rings. The van der Waals surface area contributed by atoms with Crippen LogP contribution in [-0.4, -0.2) is 38.8 Å². The van der Waals surface area contributed by atoms with E-state index in [1.54, 1.807) is 24.3 Å². The lowest BCUT2D eigenvalue weighted by Crippen LogP contribution is -2.17. The van der Waals surface area contributed by atoms with Gasteiger partial charge in [0.15, 0.2) is 11.6 Å². The Morgan fingerprint density at radius 2 is 1.15 bits per heavy atom. The number of nitrogens with zero attached hydrogens (tertiary/aromatic N) is 3. The van der Waals surface area contributed by atoms with Gasteiger partial charge in [-0.1, -0.05) is 12.1 Å². The van der Waals surface area contributed by atoms with Gasteiger partial charge >= 0.3 is 18.7 Å². The van der Waals surface area contributed by atoms with Crippen molar-refractivity contribution < 1.29 is 45.7 Å². The molecular weight excluding hydrogens is 546 g/mol. The fraction of sp³-hybridized carbons (Fsp3) is 0.0769. The first-order valence-electron chi connectivity index (χ1n) is 11.1. The van der Waals surface area contributed by atoms with Crippen molar-refractivity contribution in [3.05, 3.63) is 84.4 Å². The normalized spacial score (nSPS) is 11.8. The zero-order valence-corrected chi connectivity index (χ0v) is 19.9. The van der Waals surface area contributed by atoms with Crippen molar-refractivity contribution in [2.75, 3.05) is 5.32 Å². The van der Waals surface area contributed by atoms with Crippen molar-refractivity contribution in [2.45, 2.75) is 12.7 Å². The summed E-state index contributed by atoms with van der Waals surface area (Å²) in [6.07, 6.45) is -7.38. The summed E-state index contributed by atoms with van der Waals surface area (Å²) in [4.78, 5) is 23.7. The van der Waals surface area contributed by atoms with Crippen molar-refractivity contribution in [2.24, 2.45) is 0 Å². The second-order valence-corrected chi connectivity index (χ2v) is 7.87. The molecule has 3 aromatic carbocycles. The minimum Gasteiger partial charge on any atom is -0.478 e. The number of nitrogens with one attached hydrogen (secondary N) is 1. The molecule has 0 aliphatic rings. The molecule has 0 bridgehead atoms. The molecule has 0 aliphatic heterocycles. The maximum Gasteiger partial charge on any atom is 0.573 e. The predicted octanol–water partition coefficient (Wildman–Crippen LogP) is 6.84. The number of rotatable bonds is 8. The highest BCUT2D eigenvalue weighted by Crippen LogP contribution is 2.29. The molecule has 14 heteroatoms. The van der Waals surface area contributed by atoms with Crippen molar-refractivity contribution in [1.29, 1.82) is 0 Å². The molecule has 8 nitrogen and oxygen atoms in total. The van der Waals surface area contributed by atoms with Gasteiger partial charge in [0, 0.05) is 22.9 Å². The summed E-state index contributed by atoms with van der Waals surface area (Å²) in [6, 6.07) is 16.0. The minimum atomic E-state index is -4.88. The monoisotopic (exact) mass is 562 g/mol. The standard InChI is InChI=1S/C26H16F6N4O4/c27-25(28,29)39-19-10-4-16(5-11-19)22-34-23(17-6-12-20(13-7-17)40-26(30,31)32)36-24(35-22)33-18-8-1-15(2-9-18)3-14-21(37)38/h1-14H,(H,37,38)(H,33,34,35,36)/b14-3+. The van der Waals surface area contributed by atoms with E-state index in [0.717, 1.165) is 30.3 Å². The number of aliphatic carboxylic acids is 1. The third kappa shape index (κ3) is 8.18. The summed E-state index contributed by atoms with van der Waals surface area (Å²) in [5, 5.41) is 11.7. The maximum atomic E-state index is 12.5. The second kappa shape index (κ2) is 11.3. The van der Waals surface area contributed by atoms with E-state index >= 15 is 0 Å². The number of anilines is 2. The average Bonchev–Trinajstić information content (AvgIpc) is 2.87. The first kappa shape index (κ1) is 27.9. The van der Waals surface area contributed by atoms with Crippen molar-refractivity contribution >= 4 is 23.7 Å². The van der Waals surface area contributed by atoms with E-state index < -0.39 is 30.2 Å². The molecule has 206 valence electrons. The summed E-state index contributed by atoms with van der Waals surface area (Å²) in [5.41, 5.74) is 1.70. The summed E-state index contributed by atoms with van der Waals surface area (Å²) in [6.45, 7) is 0. The number of alkyl halides is 6. The van der Waals surface area contributed by atoms with Gasteiger partial charge in [-0.3, -0.25) is 0 Å². The molecule has 1 aromatic heterocycles. The zero-order chi connectivity index (χ0) is 28.9. The Morgan fingerprint density at radius 3 is 1.55 bits per heavy atom. The second-order valence-electron chi connectivity index (χ2n) is 7.87. The highest BCUT2D eigenvalue weighted by atomic mass is 19.4. The van der Waals surface area contributed by atoms with Crippen molar-refractivity contribution in [3.63, 3.8) is 0 Å². The van der Waals surface area contributed by atoms with Gasteiger partial charge in [-0.05, 0) is 72.3 Å². The average molecular weight is 562 g/mol. The summed E-state index contributed by atoms with van der Waals surface area (Å²) in [7, 11) is 0. The number of halogens is 6. The van der Waals surface area contributed by atoms with Crippen molar-refractivity contribution in [1.82, 2.24) is 15.0 Å². The molecule has 40 heavy (non-hydrogen) atoms. The van der Waals surface area contributed by atoms with Crippen LogP contribution in [0.15, 0.2) is 78.9 Å². The molecule has 0 saturated heterocycles. The molecule has 2 N–H and O–H groups in total. The van der Waals surface area contributed by atoms with E-state index in [4.69, 9.17) is 5.11 Å². The van der Waals surface area contributed by atoms with E-state index in [0.29, 0.717) is 22.4 Å². The van der Waals surface area contributed by atoms with E-state index in [9.17, 15) is 31.1 Å². The Kier molecular flexibility index (Phi) is 7.88. The zero-order valence-electron chi connectivity index (χ0n) is 19.9. The molecule has 0 amide bonds. The Morgan fingerprint density at radius 1 is 0.700 bits per heavy atom. The Bertz CT molecular complexity index is 1430. The van der Waals surface area contributed by atoms with Crippen LogP contribution in [0.3, 0.4) is 0 Å². The minimum absolute atomic E-state index is 0.0139. The lowest BCUT2D eigenvalue weighted by Gasteiger charge is -2.12. The molecule has 0 atom stereocenters. The largest absolute Gasteiger partial charge is 0.573 e. The van der Waals surface area contributed by atoms with Gasteiger partial charge in [-0.15, -0.1) is 26.3 Å². The van der Waals surface area contributed by atoms with Crippen LogP contribution in [0.25, 0.3) is 28.9 Å². The van der Waals surface area contributed by atoms with Gasteiger partial charge in [0.25, 0.3) is 0 Å². The van der Waals surface area contributed by atoms with Crippen LogP contribution < -0.4 is 14.8 Å². The van der Waals surface area contributed by atoms with E-state index in [1.165, 1.54) is 30.3 Å². The predicted molar refractivity (Wildman–Crippen MR) is 130 cm³/mol. The molecule has 4 aromatic rings. The quantitative estimate of drug-likeness (QED) is 0.178. The van der Waals surface area contributed by atoms with E-state index in [2.05, 4.69) is 29.7 Å². The highest BCUT2D eigenvalue weighted by molar-refractivity contribution is 5.85. The lowest BCUT2D eigenvalue weighted by atomic mass is 10.2. The Hall–Kier alpha value is -5.14. The molecule has 0 aliphatic carbocycles. The lowest BCUT2D eigenvalue weighted by molar-refractivity contribution is -0.275. The molecule has 1 heterocycles. The number of carboxylic acid groups (broad SMARTS) is 1. The molecule has 0 unspecified atom stereocenters. The molecule has 0 spiro atoms. The van der Waals surface area contributed by atoms with Gasteiger partial charge < -0.3 is 19.9 Å². The van der Waals surface area contributed by atoms with Crippen LogP contribution in [0.5, 0.6) is 11.5 Å². The van der Waals surface area contributed by atoms with Gasteiger partial charge in [-0.2, -0.15) is 9.97 Å².